The Bertz CT molecular complexity index is 469. The van der Waals surface area contributed by atoms with Crippen molar-refractivity contribution in [2.75, 3.05) is 0 Å². The summed E-state index contributed by atoms with van der Waals surface area (Å²) in [4.78, 5) is 5.65. The molecule has 5 nitrogen and oxygen atoms in total. The molecule has 0 aliphatic carbocycles. The quantitative estimate of drug-likeness (QED) is 0.879. The van der Waals surface area contributed by atoms with Crippen molar-refractivity contribution < 1.29 is 5.11 Å². The molecule has 0 fully saturated rings. The van der Waals surface area contributed by atoms with Crippen molar-refractivity contribution in [3.63, 3.8) is 0 Å². The summed E-state index contributed by atoms with van der Waals surface area (Å²) in [5.74, 6) is 0. The molecule has 2 rings (SSSR count). The molecule has 0 spiro atoms. The molecule has 1 N–H and O–H groups in total. The van der Waals surface area contributed by atoms with Crippen LogP contribution < -0.4 is 0 Å². The lowest BCUT2D eigenvalue weighted by molar-refractivity contribution is 0.194. The molecule has 0 radical (unpaired) electrons. The van der Waals surface area contributed by atoms with Gasteiger partial charge in [0.05, 0.1) is 24.5 Å². The summed E-state index contributed by atoms with van der Waals surface area (Å²) in [6.07, 6.45) is 1.17. The van der Waals surface area contributed by atoms with Crippen molar-refractivity contribution in [1.82, 2.24) is 20.0 Å². The second-order valence-electron chi connectivity index (χ2n) is 3.77. The first-order valence-corrected chi connectivity index (χ1v) is 5.89. The Morgan fingerprint density at radius 3 is 2.75 bits per heavy atom. The van der Waals surface area contributed by atoms with Crippen molar-refractivity contribution in [3.8, 4) is 0 Å². The highest BCUT2D eigenvalue weighted by Gasteiger charge is 2.08. The van der Waals surface area contributed by atoms with Crippen molar-refractivity contribution in [3.05, 3.63) is 27.5 Å². The van der Waals surface area contributed by atoms with Gasteiger partial charge in [-0.25, -0.2) is 9.67 Å². The van der Waals surface area contributed by atoms with E-state index in [-0.39, 0.29) is 0 Å². The van der Waals surface area contributed by atoms with E-state index in [1.165, 1.54) is 4.88 Å². The van der Waals surface area contributed by atoms with Crippen molar-refractivity contribution in [2.24, 2.45) is 0 Å². The van der Waals surface area contributed by atoms with Gasteiger partial charge in [0.25, 0.3) is 0 Å². The monoisotopic (exact) mass is 238 g/mol. The Morgan fingerprint density at radius 2 is 2.25 bits per heavy atom. The largest absolute Gasteiger partial charge is 0.387 e. The Balaban J connectivity index is 2.14. The summed E-state index contributed by atoms with van der Waals surface area (Å²) >= 11 is 1.66. The second kappa shape index (κ2) is 4.31. The molecule has 0 saturated heterocycles. The lowest BCUT2D eigenvalue weighted by Crippen LogP contribution is -1.99. The van der Waals surface area contributed by atoms with E-state index in [0.29, 0.717) is 12.2 Å². The highest BCUT2D eigenvalue weighted by Crippen LogP contribution is 2.17. The van der Waals surface area contributed by atoms with E-state index in [9.17, 15) is 5.11 Å². The zero-order valence-electron chi connectivity index (χ0n) is 9.51. The van der Waals surface area contributed by atoms with E-state index >= 15 is 0 Å². The third-order valence-corrected chi connectivity index (χ3v) is 3.41. The zero-order chi connectivity index (χ0) is 11.7. The van der Waals surface area contributed by atoms with Gasteiger partial charge in [-0.05, 0) is 20.8 Å². The number of aromatic nitrogens is 4. The Kier molecular flexibility index (Phi) is 3.02. The maximum absolute atomic E-state index is 9.32. The smallest absolute Gasteiger partial charge is 0.115 e. The lowest BCUT2D eigenvalue weighted by atomic mass is 10.3. The predicted molar refractivity (Wildman–Crippen MR) is 61.3 cm³/mol. The third-order valence-electron chi connectivity index (χ3n) is 2.35. The van der Waals surface area contributed by atoms with Crippen LogP contribution in [0.1, 0.15) is 34.3 Å². The predicted octanol–water partition coefficient (Wildman–Crippen LogP) is 1.45. The molecule has 86 valence electrons. The van der Waals surface area contributed by atoms with E-state index in [4.69, 9.17) is 0 Å². The molecule has 0 bridgehead atoms. The van der Waals surface area contributed by atoms with Gasteiger partial charge in [-0.15, -0.1) is 16.4 Å². The maximum Gasteiger partial charge on any atom is 0.115 e. The van der Waals surface area contributed by atoms with Crippen molar-refractivity contribution in [1.29, 1.82) is 0 Å². The highest BCUT2D eigenvalue weighted by atomic mass is 32.1. The summed E-state index contributed by atoms with van der Waals surface area (Å²) in [6, 6.07) is 0. The molecule has 0 amide bonds. The number of thiazole rings is 1. The van der Waals surface area contributed by atoms with Gasteiger partial charge in [0, 0.05) is 4.88 Å². The van der Waals surface area contributed by atoms with Gasteiger partial charge in [0.1, 0.15) is 10.7 Å². The molecule has 2 aromatic rings. The van der Waals surface area contributed by atoms with Crippen molar-refractivity contribution >= 4 is 11.3 Å². The van der Waals surface area contributed by atoms with Gasteiger partial charge in [-0.2, -0.15) is 0 Å². The summed E-state index contributed by atoms with van der Waals surface area (Å²) in [6.45, 7) is 6.34. The molecule has 0 aliphatic heterocycles. The van der Waals surface area contributed by atoms with Crippen LogP contribution in [0.2, 0.25) is 0 Å². The van der Waals surface area contributed by atoms with Crippen LogP contribution in [0.25, 0.3) is 0 Å². The average Bonchev–Trinajstić information content (AvgIpc) is 2.76. The van der Waals surface area contributed by atoms with Crippen molar-refractivity contribution in [2.45, 2.75) is 33.4 Å². The van der Waals surface area contributed by atoms with Crippen LogP contribution in [0, 0.1) is 13.8 Å². The molecule has 1 atom stereocenters. The Morgan fingerprint density at radius 1 is 1.50 bits per heavy atom. The highest BCUT2D eigenvalue weighted by molar-refractivity contribution is 7.11. The Labute approximate surface area is 97.8 Å². The maximum atomic E-state index is 9.32. The van der Waals surface area contributed by atoms with Crippen LogP contribution in [0.4, 0.5) is 0 Å². The molecule has 2 heterocycles. The van der Waals surface area contributed by atoms with E-state index < -0.39 is 6.10 Å². The fourth-order valence-electron chi connectivity index (χ4n) is 1.33. The molecule has 2 aromatic heterocycles. The normalized spacial score (nSPS) is 13.0. The first kappa shape index (κ1) is 11.2. The Hall–Kier alpha value is -1.27. The van der Waals surface area contributed by atoms with Crippen LogP contribution >= 0.6 is 11.3 Å². The SMILES string of the molecule is Cc1nc(Cn2cc(C(C)O)nn2)sc1C. The molecule has 0 aromatic carbocycles. The number of aliphatic hydroxyl groups is 1. The summed E-state index contributed by atoms with van der Waals surface area (Å²) < 4.78 is 1.69. The molecular formula is C10H14N4OS. The zero-order valence-corrected chi connectivity index (χ0v) is 10.3. The summed E-state index contributed by atoms with van der Waals surface area (Å²) in [5, 5.41) is 18.2. The lowest BCUT2D eigenvalue weighted by Gasteiger charge is -1.96. The standard InChI is InChI=1S/C10H14N4OS/c1-6-8(3)16-10(11-6)5-14-4-9(7(2)15)12-13-14/h4,7,15H,5H2,1-3H3. The van der Waals surface area contributed by atoms with Gasteiger partial charge in [0.2, 0.25) is 0 Å². The van der Waals surface area contributed by atoms with Crippen LogP contribution in [-0.2, 0) is 6.54 Å². The van der Waals surface area contributed by atoms with Gasteiger partial charge in [-0.1, -0.05) is 5.21 Å². The molecule has 0 aliphatic rings. The minimum absolute atomic E-state index is 0.575. The van der Waals surface area contributed by atoms with E-state index in [1.54, 1.807) is 29.1 Å². The molecule has 1 unspecified atom stereocenters. The summed E-state index contributed by atoms with van der Waals surface area (Å²) in [7, 11) is 0. The van der Waals surface area contributed by atoms with Crippen LogP contribution in [0.5, 0.6) is 0 Å². The molecule has 16 heavy (non-hydrogen) atoms. The minimum Gasteiger partial charge on any atom is -0.387 e. The van der Waals surface area contributed by atoms with Crippen LogP contribution in [-0.4, -0.2) is 25.1 Å². The topological polar surface area (TPSA) is 63.8 Å². The third kappa shape index (κ3) is 2.28. The molecular weight excluding hydrogens is 224 g/mol. The number of hydrogen-bond acceptors (Lipinski definition) is 5. The van der Waals surface area contributed by atoms with Gasteiger partial charge >= 0.3 is 0 Å². The second-order valence-corrected chi connectivity index (χ2v) is 5.05. The number of rotatable bonds is 3. The van der Waals surface area contributed by atoms with Gasteiger partial charge in [-0.3, -0.25) is 0 Å². The fourth-order valence-corrected chi connectivity index (χ4v) is 2.25. The number of hydrogen-bond donors (Lipinski definition) is 1. The van der Waals surface area contributed by atoms with Crippen LogP contribution in [0.15, 0.2) is 6.20 Å². The average molecular weight is 238 g/mol. The van der Waals surface area contributed by atoms with E-state index in [0.717, 1.165) is 10.7 Å². The van der Waals surface area contributed by atoms with Crippen LogP contribution in [0.3, 0.4) is 0 Å². The number of aryl methyl sites for hydroxylation is 2. The minimum atomic E-state index is -0.575. The van der Waals surface area contributed by atoms with E-state index in [1.807, 2.05) is 6.92 Å². The summed E-state index contributed by atoms with van der Waals surface area (Å²) in [5.41, 5.74) is 1.65. The fraction of sp³-hybridized carbons (Fsp3) is 0.500. The first-order chi connectivity index (χ1) is 7.56. The molecule has 0 saturated carbocycles. The number of nitrogens with zero attached hydrogens (tertiary/aromatic N) is 4. The first-order valence-electron chi connectivity index (χ1n) is 5.07. The van der Waals surface area contributed by atoms with Gasteiger partial charge < -0.3 is 5.11 Å². The van der Waals surface area contributed by atoms with Gasteiger partial charge in [0.15, 0.2) is 0 Å². The molecule has 6 heteroatoms. The number of aliphatic hydroxyl groups excluding tert-OH is 1. The van der Waals surface area contributed by atoms with E-state index in [2.05, 4.69) is 22.2 Å².